The highest BCUT2D eigenvalue weighted by Gasteiger charge is 2.43. The summed E-state index contributed by atoms with van der Waals surface area (Å²) < 4.78 is 16.7. The second-order valence-corrected chi connectivity index (χ2v) is 6.43. The van der Waals surface area contributed by atoms with Crippen molar-refractivity contribution in [3.8, 4) is 0 Å². The van der Waals surface area contributed by atoms with Gasteiger partial charge < -0.3 is 13.3 Å². The minimum atomic E-state index is -2.23. The zero-order valence-corrected chi connectivity index (χ0v) is 9.84. The zero-order chi connectivity index (χ0) is 9.73. The first-order chi connectivity index (χ1) is 6.26. The molecule has 1 fully saturated rings. The van der Waals surface area contributed by atoms with Crippen LogP contribution in [-0.2, 0) is 13.3 Å². The highest BCUT2D eigenvalue weighted by Crippen LogP contribution is 2.28. The Bertz CT molecular complexity index is 146. The molecule has 0 aromatic carbocycles. The molecule has 13 heavy (non-hydrogen) atoms. The van der Waals surface area contributed by atoms with Crippen molar-refractivity contribution >= 4 is 8.80 Å². The van der Waals surface area contributed by atoms with Crippen molar-refractivity contribution in [3.05, 3.63) is 0 Å². The van der Waals surface area contributed by atoms with Crippen LogP contribution in [0.1, 0.15) is 32.6 Å². The maximum absolute atomic E-state index is 5.91. The summed E-state index contributed by atoms with van der Waals surface area (Å²) in [5.41, 5.74) is 0. The molecule has 1 unspecified atom stereocenters. The molecule has 1 rings (SSSR count). The molecule has 1 aliphatic heterocycles. The average molecular weight is 204 g/mol. The molecule has 0 aliphatic carbocycles. The van der Waals surface area contributed by atoms with Gasteiger partial charge in [0.05, 0.1) is 0 Å². The van der Waals surface area contributed by atoms with E-state index in [9.17, 15) is 0 Å². The summed E-state index contributed by atoms with van der Waals surface area (Å²) in [5.74, 6) is 0. The molecule has 0 saturated carbocycles. The first kappa shape index (κ1) is 11.2. The third-order valence-corrected chi connectivity index (χ3v) is 5.49. The predicted octanol–water partition coefficient (Wildman–Crippen LogP) is 2.20. The van der Waals surface area contributed by atoms with Crippen molar-refractivity contribution in [1.29, 1.82) is 0 Å². The van der Waals surface area contributed by atoms with Gasteiger partial charge in [-0.3, -0.25) is 0 Å². The zero-order valence-electron chi connectivity index (χ0n) is 8.84. The summed E-state index contributed by atoms with van der Waals surface area (Å²) in [6.45, 7) is 2.18. The van der Waals surface area contributed by atoms with Crippen molar-refractivity contribution in [2.75, 3.05) is 14.2 Å². The van der Waals surface area contributed by atoms with Crippen molar-refractivity contribution in [3.63, 3.8) is 0 Å². The standard InChI is InChI=1S/C9H20O3Si/c1-4-6-9-7-5-8-13(10-2,11-3)12-9/h9H,4-8H2,1-3H3. The monoisotopic (exact) mass is 204 g/mol. The van der Waals surface area contributed by atoms with Crippen LogP contribution in [0.25, 0.3) is 0 Å². The van der Waals surface area contributed by atoms with E-state index in [1.807, 2.05) is 0 Å². The van der Waals surface area contributed by atoms with Crippen LogP contribution in [0.15, 0.2) is 0 Å². The van der Waals surface area contributed by atoms with Crippen LogP contribution in [0.5, 0.6) is 0 Å². The van der Waals surface area contributed by atoms with Crippen LogP contribution in [0.3, 0.4) is 0 Å². The van der Waals surface area contributed by atoms with Crippen LogP contribution < -0.4 is 0 Å². The van der Waals surface area contributed by atoms with Gasteiger partial charge in [0.1, 0.15) is 0 Å². The molecule has 0 radical (unpaired) electrons. The van der Waals surface area contributed by atoms with Crippen molar-refractivity contribution in [2.45, 2.75) is 44.8 Å². The van der Waals surface area contributed by atoms with E-state index < -0.39 is 8.80 Å². The van der Waals surface area contributed by atoms with Gasteiger partial charge in [-0.25, -0.2) is 0 Å². The lowest BCUT2D eigenvalue weighted by Gasteiger charge is -2.35. The summed E-state index contributed by atoms with van der Waals surface area (Å²) in [6.07, 6.45) is 5.00. The average Bonchev–Trinajstić information content (AvgIpc) is 2.19. The van der Waals surface area contributed by atoms with E-state index in [1.54, 1.807) is 14.2 Å². The summed E-state index contributed by atoms with van der Waals surface area (Å²) in [6, 6.07) is 0.972. The van der Waals surface area contributed by atoms with Crippen LogP contribution >= 0.6 is 0 Å². The Morgan fingerprint density at radius 1 is 1.38 bits per heavy atom. The van der Waals surface area contributed by atoms with Gasteiger partial charge >= 0.3 is 8.80 Å². The van der Waals surface area contributed by atoms with Gasteiger partial charge in [0, 0.05) is 26.4 Å². The maximum atomic E-state index is 5.91. The molecule has 0 aromatic rings. The molecule has 78 valence electrons. The van der Waals surface area contributed by atoms with Gasteiger partial charge in [-0.2, -0.15) is 0 Å². The van der Waals surface area contributed by atoms with Crippen molar-refractivity contribution < 1.29 is 13.3 Å². The third-order valence-electron chi connectivity index (χ3n) is 2.59. The molecule has 0 N–H and O–H groups in total. The second kappa shape index (κ2) is 5.10. The molecule has 1 saturated heterocycles. The van der Waals surface area contributed by atoms with Crippen LogP contribution in [0, 0.1) is 0 Å². The minimum absolute atomic E-state index is 0.366. The fraction of sp³-hybridized carbons (Fsp3) is 1.00. The van der Waals surface area contributed by atoms with Gasteiger partial charge in [0.2, 0.25) is 0 Å². The fourth-order valence-electron chi connectivity index (χ4n) is 1.83. The molecule has 4 heteroatoms. The van der Waals surface area contributed by atoms with E-state index >= 15 is 0 Å². The summed E-state index contributed by atoms with van der Waals surface area (Å²) in [7, 11) is 1.17. The van der Waals surface area contributed by atoms with Crippen molar-refractivity contribution in [1.82, 2.24) is 0 Å². The van der Waals surface area contributed by atoms with E-state index in [-0.39, 0.29) is 0 Å². The predicted molar refractivity (Wildman–Crippen MR) is 53.6 cm³/mol. The van der Waals surface area contributed by atoms with Crippen LogP contribution in [0.4, 0.5) is 0 Å². The highest BCUT2D eigenvalue weighted by molar-refractivity contribution is 6.60. The Hall–Kier alpha value is 0.0969. The summed E-state index contributed by atoms with van der Waals surface area (Å²) >= 11 is 0. The molecule has 3 nitrogen and oxygen atoms in total. The first-order valence-corrected chi connectivity index (χ1v) is 6.97. The quantitative estimate of drug-likeness (QED) is 0.657. The number of rotatable bonds is 4. The lowest BCUT2D eigenvalue weighted by atomic mass is 10.1. The molecule has 0 aromatic heterocycles. The largest absolute Gasteiger partial charge is 0.500 e. The van der Waals surface area contributed by atoms with Gasteiger partial charge in [-0.1, -0.05) is 13.3 Å². The SMILES string of the molecule is CCCC1CCC[Si](OC)(OC)O1. The van der Waals surface area contributed by atoms with Crippen molar-refractivity contribution in [2.24, 2.45) is 0 Å². The molecule has 1 aliphatic rings. The minimum Gasteiger partial charge on any atom is -0.377 e. The van der Waals surface area contributed by atoms with Gasteiger partial charge in [0.25, 0.3) is 0 Å². The molecule has 1 heterocycles. The Morgan fingerprint density at radius 3 is 2.62 bits per heavy atom. The Kier molecular flexibility index (Phi) is 4.38. The van der Waals surface area contributed by atoms with E-state index in [0.29, 0.717) is 6.10 Å². The normalized spacial score (nSPS) is 27.5. The Morgan fingerprint density at radius 2 is 2.08 bits per heavy atom. The van der Waals surface area contributed by atoms with E-state index in [2.05, 4.69) is 6.92 Å². The maximum Gasteiger partial charge on any atom is 0.500 e. The highest BCUT2D eigenvalue weighted by atomic mass is 28.4. The second-order valence-electron chi connectivity index (χ2n) is 3.51. The van der Waals surface area contributed by atoms with Gasteiger partial charge in [0.15, 0.2) is 0 Å². The Labute approximate surface area is 81.7 Å². The van der Waals surface area contributed by atoms with E-state index in [4.69, 9.17) is 13.3 Å². The molecular formula is C9H20O3Si. The lowest BCUT2D eigenvalue weighted by molar-refractivity contribution is 0.0296. The summed E-state index contributed by atoms with van der Waals surface area (Å²) in [5, 5.41) is 0. The molecule has 0 amide bonds. The Balaban J connectivity index is 2.48. The van der Waals surface area contributed by atoms with Gasteiger partial charge in [-0.05, 0) is 19.3 Å². The molecule has 0 bridgehead atoms. The first-order valence-electron chi connectivity index (χ1n) is 5.04. The fourth-order valence-corrected chi connectivity index (χ4v) is 4.09. The summed E-state index contributed by atoms with van der Waals surface area (Å²) in [4.78, 5) is 0. The number of hydrogen-bond acceptors (Lipinski definition) is 3. The molecule has 1 atom stereocenters. The lowest BCUT2D eigenvalue weighted by Crippen LogP contribution is -2.49. The van der Waals surface area contributed by atoms with E-state index in [1.165, 1.54) is 12.8 Å². The molecule has 0 spiro atoms. The third kappa shape index (κ3) is 2.77. The van der Waals surface area contributed by atoms with E-state index in [0.717, 1.165) is 18.9 Å². The van der Waals surface area contributed by atoms with Crippen LogP contribution in [-0.4, -0.2) is 29.1 Å². The topological polar surface area (TPSA) is 27.7 Å². The van der Waals surface area contributed by atoms with Crippen LogP contribution in [0.2, 0.25) is 6.04 Å². The van der Waals surface area contributed by atoms with Gasteiger partial charge in [-0.15, -0.1) is 0 Å². The molecular weight excluding hydrogens is 184 g/mol. The number of hydrogen-bond donors (Lipinski definition) is 0. The smallest absolute Gasteiger partial charge is 0.377 e.